The number of rotatable bonds is 3. The Labute approximate surface area is 172 Å². The van der Waals surface area contributed by atoms with Crippen molar-refractivity contribution in [2.45, 2.75) is 26.3 Å². The molecule has 1 aliphatic heterocycles. The Morgan fingerprint density at radius 1 is 0.964 bits per heavy atom. The van der Waals surface area contributed by atoms with Crippen molar-refractivity contribution in [2.24, 2.45) is 0 Å². The summed E-state index contributed by atoms with van der Waals surface area (Å²) >= 11 is 0. The second kappa shape index (κ2) is 7.94. The van der Waals surface area contributed by atoms with Crippen LogP contribution in [0.15, 0.2) is 67.0 Å². The fourth-order valence-corrected chi connectivity index (χ4v) is 4.14. The van der Waals surface area contributed by atoms with Crippen LogP contribution in [0, 0.1) is 5.92 Å². The highest BCUT2D eigenvalue weighted by molar-refractivity contribution is 5.87. The van der Waals surface area contributed by atoms with Crippen LogP contribution in [-0.4, -0.2) is 27.5 Å². The second-order valence-electron chi connectivity index (χ2n) is 7.65. The van der Waals surface area contributed by atoms with E-state index in [9.17, 15) is 0 Å². The molecule has 1 radical (unpaired) electrons. The number of hydrogen-bond donors (Lipinski definition) is 0. The first-order valence-electron chi connectivity index (χ1n) is 9.76. The Kier molecular flexibility index (Phi) is 5.38. The molecule has 0 unspecified atom stereocenters. The summed E-state index contributed by atoms with van der Waals surface area (Å²) in [6.45, 7) is 5.69. The van der Waals surface area contributed by atoms with Crippen LogP contribution in [-0.2, 0) is 6.54 Å². The van der Waals surface area contributed by atoms with Crippen LogP contribution < -0.4 is 0 Å². The Morgan fingerprint density at radius 2 is 1.82 bits per heavy atom. The minimum absolute atomic E-state index is 0. The fourth-order valence-electron chi connectivity index (χ4n) is 4.14. The van der Waals surface area contributed by atoms with Crippen molar-refractivity contribution in [3.8, 4) is 5.69 Å². The molecule has 0 N–H and O–H groups in total. The third-order valence-corrected chi connectivity index (χ3v) is 5.79. The van der Waals surface area contributed by atoms with E-state index in [1.165, 1.54) is 53.5 Å². The molecular formula is C24H25ClN3. The van der Waals surface area contributed by atoms with Gasteiger partial charge in [0.15, 0.2) is 0 Å². The summed E-state index contributed by atoms with van der Waals surface area (Å²) in [6.07, 6.45) is 6.52. The van der Waals surface area contributed by atoms with Crippen molar-refractivity contribution in [3.05, 3.63) is 78.5 Å². The number of likely N-dealkylation sites (tertiary alicyclic amines) is 1. The molecule has 143 valence electrons. The molecule has 1 fully saturated rings. The Bertz CT molecular complexity index is 1090. The molecule has 0 aliphatic carbocycles. The van der Waals surface area contributed by atoms with Crippen LogP contribution in [0.25, 0.3) is 27.5 Å². The number of halogens is 1. The average molecular weight is 391 g/mol. The molecule has 2 aromatic carbocycles. The SMILES string of the molecule is C[C]1CCN(Cc2cccc3c2ccn3-c2ccc3ncccc3c2)CC1.Cl. The molecule has 0 amide bonds. The molecule has 3 heterocycles. The number of pyridine rings is 1. The van der Waals surface area contributed by atoms with Crippen molar-refractivity contribution in [3.63, 3.8) is 0 Å². The molecule has 5 rings (SSSR count). The van der Waals surface area contributed by atoms with Crippen molar-refractivity contribution in [1.82, 2.24) is 14.5 Å². The van der Waals surface area contributed by atoms with Crippen LogP contribution in [0.3, 0.4) is 0 Å². The minimum atomic E-state index is 0. The highest BCUT2D eigenvalue weighted by Crippen LogP contribution is 2.27. The van der Waals surface area contributed by atoms with E-state index < -0.39 is 0 Å². The van der Waals surface area contributed by atoms with Crippen LogP contribution in [0.4, 0.5) is 0 Å². The van der Waals surface area contributed by atoms with Gasteiger partial charge in [-0.3, -0.25) is 9.88 Å². The molecule has 2 aromatic heterocycles. The quantitative estimate of drug-likeness (QED) is 0.441. The zero-order valence-corrected chi connectivity index (χ0v) is 17.0. The fraction of sp³-hybridized carbons (Fsp3) is 0.250. The van der Waals surface area contributed by atoms with Crippen LogP contribution >= 0.6 is 12.4 Å². The molecule has 4 heteroatoms. The lowest BCUT2D eigenvalue weighted by Crippen LogP contribution is -2.31. The summed E-state index contributed by atoms with van der Waals surface area (Å²) in [4.78, 5) is 7.02. The van der Waals surface area contributed by atoms with Gasteiger partial charge in [-0.1, -0.05) is 25.1 Å². The third kappa shape index (κ3) is 3.52. The van der Waals surface area contributed by atoms with E-state index in [0.717, 1.165) is 12.1 Å². The van der Waals surface area contributed by atoms with Gasteiger partial charge in [-0.2, -0.15) is 0 Å². The standard InChI is InChI=1S/C24H24N3.ClH/c1-18-9-13-26(14-10-18)17-20-4-2-6-24-22(20)11-15-27(24)21-7-8-23-19(16-21)5-3-12-25-23;/h2-8,11-12,15-16H,9-10,13-14,17H2,1H3;1H. The third-order valence-electron chi connectivity index (χ3n) is 5.79. The number of benzene rings is 2. The molecule has 28 heavy (non-hydrogen) atoms. The van der Waals surface area contributed by atoms with Gasteiger partial charge < -0.3 is 4.57 Å². The summed E-state index contributed by atoms with van der Waals surface area (Å²) in [6, 6.07) is 19.6. The number of aromatic nitrogens is 2. The monoisotopic (exact) mass is 390 g/mol. The zero-order valence-electron chi connectivity index (χ0n) is 16.1. The van der Waals surface area contributed by atoms with Crippen molar-refractivity contribution in [1.29, 1.82) is 0 Å². The summed E-state index contributed by atoms with van der Waals surface area (Å²) in [5.74, 6) is 1.64. The summed E-state index contributed by atoms with van der Waals surface area (Å²) in [7, 11) is 0. The van der Waals surface area contributed by atoms with Crippen LogP contribution in [0.5, 0.6) is 0 Å². The van der Waals surface area contributed by atoms with E-state index in [1.54, 1.807) is 5.92 Å². The number of piperidine rings is 1. The molecular weight excluding hydrogens is 366 g/mol. The number of nitrogens with zero attached hydrogens (tertiary/aromatic N) is 3. The Hall–Kier alpha value is -2.36. The maximum Gasteiger partial charge on any atom is 0.0703 e. The summed E-state index contributed by atoms with van der Waals surface area (Å²) < 4.78 is 2.29. The maximum atomic E-state index is 4.43. The lowest BCUT2D eigenvalue weighted by atomic mass is 9.98. The smallest absolute Gasteiger partial charge is 0.0703 e. The molecule has 0 spiro atoms. The molecule has 3 nitrogen and oxygen atoms in total. The van der Waals surface area contributed by atoms with Gasteiger partial charge in [0.2, 0.25) is 0 Å². The van der Waals surface area contributed by atoms with Crippen molar-refractivity contribution in [2.75, 3.05) is 13.1 Å². The number of hydrogen-bond acceptors (Lipinski definition) is 2. The van der Waals surface area contributed by atoms with E-state index in [4.69, 9.17) is 0 Å². The number of fused-ring (bicyclic) bond motifs is 2. The normalized spacial score (nSPS) is 15.8. The van der Waals surface area contributed by atoms with E-state index in [2.05, 4.69) is 76.1 Å². The summed E-state index contributed by atoms with van der Waals surface area (Å²) in [5.41, 5.74) is 4.92. The molecule has 0 atom stereocenters. The topological polar surface area (TPSA) is 21.1 Å². The minimum Gasteiger partial charge on any atom is -0.317 e. The van der Waals surface area contributed by atoms with Gasteiger partial charge in [0.1, 0.15) is 0 Å². The van der Waals surface area contributed by atoms with Crippen molar-refractivity contribution >= 4 is 34.2 Å². The zero-order chi connectivity index (χ0) is 18.2. The van der Waals surface area contributed by atoms with E-state index >= 15 is 0 Å². The predicted molar refractivity (Wildman–Crippen MR) is 119 cm³/mol. The first-order chi connectivity index (χ1) is 13.3. The molecule has 1 saturated heterocycles. The lowest BCUT2D eigenvalue weighted by molar-refractivity contribution is 0.234. The van der Waals surface area contributed by atoms with Crippen LogP contribution in [0.2, 0.25) is 0 Å². The average Bonchev–Trinajstić information content (AvgIpc) is 3.14. The van der Waals surface area contributed by atoms with Crippen molar-refractivity contribution < 1.29 is 0 Å². The van der Waals surface area contributed by atoms with Gasteiger partial charge in [-0.15, -0.1) is 12.4 Å². The van der Waals surface area contributed by atoms with Gasteiger partial charge in [-0.25, -0.2) is 0 Å². The van der Waals surface area contributed by atoms with Gasteiger partial charge in [0.05, 0.1) is 11.0 Å². The molecule has 0 saturated carbocycles. The highest BCUT2D eigenvalue weighted by atomic mass is 35.5. The Balaban J connectivity index is 0.00000192. The second-order valence-corrected chi connectivity index (χ2v) is 7.65. The van der Waals surface area contributed by atoms with Gasteiger partial charge in [0.25, 0.3) is 0 Å². The Morgan fingerprint density at radius 3 is 2.68 bits per heavy atom. The van der Waals surface area contributed by atoms with Crippen LogP contribution in [0.1, 0.15) is 25.3 Å². The lowest BCUT2D eigenvalue weighted by Gasteiger charge is -2.30. The predicted octanol–water partition coefficient (Wildman–Crippen LogP) is 5.79. The molecule has 0 bridgehead atoms. The summed E-state index contributed by atoms with van der Waals surface area (Å²) in [5, 5.41) is 2.53. The molecule has 4 aromatic rings. The van der Waals surface area contributed by atoms with E-state index in [0.29, 0.717) is 0 Å². The molecule has 1 aliphatic rings. The van der Waals surface area contributed by atoms with E-state index in [1.807, 2.05) is 12.3 Å². The van der Waals surface area contributed by atoms with Gasteiger partial charge in [0, 0.05) is 35.4 Å². The van der Waals surface area contributed by atoms with Gasteiger partial charge in [-0.05, 0) is 73.8 Å². The van der Waals surface area contributed by atoms with E-state index in [-0.39, 0.29) is 12.4 Å². The largest absolute Gasteiger partial charge is 0.317 e. The maximum absolute atomic E-state index is 4.43. The van der Waals surface area contributed by atoms with Gasteiger partial charge >= 0.3 is 0 Å². The highest BCUT2D eigenvalue weighted by Gasteiger charge is 2.17. The first kappa shape index (κ1) is 19.0. The first-order valence-corrected chi connectivity index (χ1v) is 9.76.